The van der Waals surface area contributed by atoms with E-state index in [4.69, 9.17) is 4.42 Å². The van der Waals surface area contributed by atoms with Crippen molar-refractivity contribution in [2.24, 2.45) is 0 Å². The predicted molar refractivity (Wildman–Crippen MR) is 86.9 cm³/mol. The van der Waals surface area contributed by atoms with Gasteiger partial charge >= 0.3 is 11.1 Å². The summed E-state index contributed by atoms with van der Waals surface area (Å²) in [6, 6.07) is 13.1. The first kappa shape index (κ1) is 16.4. The second kappa shape index (κ2) is 6.24. The van der Waals surface area contributed by atoms with Gasteiger partial charge in [-0.3, -0.25) is 0 Å². The maximum Gasteiger partial charge on any atom is 0.479 e. The van der Waals surface area contributed by atoms with E-state index in [-0.39, 0.29) is 11.3 Å². The lowest BCUT2D eigenvalue weighted by Gasteiger charge is -2.10. The molecule has 1 heterocycles. The number of aryl methyl sites for hydroxylation is 1. The van der Waals surface area contributed by atoms with Crippen molar-refractivity contribution < 1.29 is 21.8 Å². The lowest BCUT2D eigenvalue weighted by molar-refractivity contribution is -0.0369. The third kappa shape index (κ3) is 3.56. The summed E-state index contributed by atoms with van der Waals surface area (Å²) < 4.78 is 46.4. The average Bonchev–Trinajstić information content (AvgIpc) is 2.51. The summed E-state index contributed by atoms with van der Waals surface area (Å²) in [6.45, 7) is 1.91. The first-order valence-corrected chi connectivity index (χ1v) is 7.64. The molecule has 0 unspecified atom stereocenters. The van der Waals surface area contributed by atoms with Crippen LogP contribution in [0.2, 0.25) is 0 Å². The van der Waals surface area contributed by atoms with Gasteiger partial charge in [0.05, 0.1) is 0 Å². The minimum Gasteiger partial charge on any atom is -0.423 e. The van der Waals surface area contributed by atoms with Crippen LogP contribution in [0.1, 0.15) is 5.56 Å². The fourth-order valence-corrected chi connectivity index (χ4v) is 2.68. The summed E-state index contributed by atoms with van der Waals surface area (Å²) in [5.74, 6) is -0.0464. The van der Waals surface area contributed by atoms with E-state index in [1.807, 2.05) is 31.2 Å². The van der Waals surface area contributed by atoms with Crippen molar-refractivity contribution in [2.45, 2.75) is 12.4 Å². The third-order valence-corrected chi connectivity index (χ3v) is 3.85. The van der Waals surface area contributed by atoms with Crippen LogP contribution < -0.4 is 9.81 Å². The van der Waals surface area contributed by atoms with Crippen LogP contribution in [0.25, 0.3) is 22.1 Å². The Bertz CT molecular complexity index is 948. The van der Waals surface area contributed by atoms with Gasteiger partial charge in [0.25, 0.3) is 0 Å². The Morgan fingerprint density at radius 1 is 1.04 bits per heavy atom. The Morgan fingerprint density at radius 2 is 1.79 bits per heavy atom. The molecule has 0 fully saturated rings. The van der Waals surface area contributed by atoms with Crippen LogP contribution >= 0.6 is 12.0 Å². The molecule has 1 aromatic heterocycles. The Hall–Kier alpha value is -2.41. The summed E-state index contributed by atoms with van der Waals surface area (Å²) >= 11 is -0.617. The van der Waals surface area contributed by atoms with Gasteiger partial charge in [0.2, 0.25) is 0 Å². The van der Waals surface area contributed by atoms with E-state index < -0.39 is 23.2 Å². The molecule has 3 nitrogen and oxygen atoms in total. The quantitative estimate of drug-likeness (QED) is 0.473. The topological polar surface area (TPSA) is 39.4 Å². The maximum atomic E-state index is 12.2. The highest BCUT2D eigenvalue weighted by molar-refractivity contribution is 7.95. The highest BCUT2D eigenvalue weighted by Gasteiger charge is 2.31. The zero-order valence-corrected chi connectivity index (χ0v) is 13.2. The molecular weight excluding hydrogens is 341 g/mol. The number of rotatable bonds is 3. The molecule has 0 aliphatic heterocycles. The number of benzene rings is 2. The molecule has 2 aromatic carbocycles. The number of fused-ring (bicyclic) bond motifs is 1. The molecule has 3 aromatic rings. The first-order chi connectivity index (χ1) is 11.3. The molecule has 0 N–H and O–H groups in total. The van der Waals surface area contributed by atoms with Gasteiger partial charge in [0, 0.05) is 23.1 Å². The molecule has 24 heavy (non-hydrogen) atoms. The predicted octanol–water partition coefficient (Wildman–Crippen LogP) is 5.32. The normalized spacial score (nSPS) is 11.7. The zero-order valence-electron chi connectivity index (χ0n) is 12.4. The van der Waals surface area contributed by atoms with E-state index in [9.17, 15) is 18.0 Å². The Balaban J connectivity index is 2.10. The van der Waals surface area contributed by atoms with E-state index in [1.165, 1.54) is 18.2 Å². The molecule has 0 aliphatic rings. The smallest absolute Gasteiger partial charge is 0.423 e. The molecule has 0 amide bonds. The van der Waals surface area contributed by atoms with Crippen molar-refractivity contribution in [2.75, 3.05) is 0 Å². The van der Waals surface area contributed by atoms with Crippen LogP contribution in [-0.2, 0) is 0 Å². The van der Waals surface area contributed by atoms with Crippen LogP contribution in [0.5, 0.6) is 5.75 Å². The SMILES string of the molecule is Cc1ccccc1-c1cc(=O)oc2cc(OSC(F)(F)F)ccc12. The number of hydrogen-bond acceptors (Lipinski definition) is 4. The van der Waals surface area contributed by atoms with Gasteiger partial charge in [0.15, 0.2) is 12.0 Å². The number of alkyl halides is 3. The van der Waals surface area contributed by atoms with Gasteiger partial charge in [0.1, 0.15) is 11.3 Å². The van der Waals surface area contributed by atoms with Crippen molar-refractivity contribution in [1.82, 2.24) is 0 Å². The highest BCUT2D eigenvalue weighted by atomic mass is 32.2. The molecule has 0 saturated carbocycles. The lowest BCUT2D eigenvalue weighted by atomic mass is 9.98. The lowest BCUT2D eigenvalue weighted by Crippen LogP contribution is -2.03. The Labute approximate surface area is 139 Å². The summed E-state index contributed by atoms with van der Waals surface area (Å²) in [4.78, 5) is 11.8. The first-order valence-electron chi connectivity index (χ1n) is 6.90. The maximum absolute atomic E-state index is 12.2. The molecule has 0 atom stereocenters. The van der Waals surface area contributed by atoms with Crippen molar-refractivity contribution in [3.8, 4) is 16.9 Å². The molecule has 0 bridgehead atoms. The van der Waals surface area contributed by atoms with Gasteiger partial charge < -0.3 is 8.60 Å². The van der Waals surface area contributed by atoms with E-state index in [2.05, 4.69) is 4.18 Å². The Kier molecular flexibility index (Phi) is 4.28. The number of hydrogen-bond donors (Lipinski definition) is 0. The fourth-order valence-electron chi connectivity index (χ4n) is 2.39. The highest BCUT2D eigenvalue weighted by Crippen LogP contribution is 2.35. The summed E-state index contributed by atoms with van der Waals surface area (Å²) in [5.41, 5.74) is -2.44. The van der Waals surface area contributed by atoms with E-state index in [0.29, 0.717) is 10.9 Å². The van der Waals surface area contributed by atoms with Crippen molar-refractivity contribution in [3.05, 3.63) is 64.5 Å². The Morgan fingerprint density at radius 3 is 2.50 bits per heavy atom. The monoisotopic (exact) mass is 352 g/mol. The van der Waals surface area contributed by atoms with Gasteiger partial charge in [-0.15, -0.1) is 0 Å². The number of halogens is 3. The van der Waals surface area contributed by atoms with Crippen molar-refractivity contribution in [3.63, 3.8) is 0 Å². The summed E-state index contributed by atoms with van der Waals surface area (Å²) in [5, 5.41) is 0.619. The molecule has 0 saturated heterocycles. The second-order valence-corrected chi connectivity index (χ2v) is 5.86. The summed E-state index contributed by atoms with van der Waals surface area (Å²) in [6.07, 6.45) is 0. The molecule has 0 spiro atoms. The van der Waals surface area contributed by atoms with Gasteiger partial charge in [-0.05, 0) is 30.2 Å². The van der Waals surface area contributed by atoms with Gasteiger partial charge in [-0.25, -0.2) is 4.79 Å². The molecule has 124 valence electrons. The van der Waals surface area contributed by atoms with Crippen molar-refractivity contribution >= 4 is 23.0 Å². The van der Waals surface area contributed by atoms with Gasteiger partial charge in [-0.1, -0.05) is 24.3 Å². The van der Waals surface area contributed by atoms with E-state index >= 15 is 0 Å². The van der Waals surface area contributed by atoms with Crippen LogP contribution in [0.4, 0.5) is 13.2 Å². The van der Waals surface area contributed by atoms with E-state index in [0.717, 1.165) is 11.1 Å². The molecule has 0 radical (unpaired) electrons. The third-order valence-electron chi connectivity index (χ3n) is 3.38. The molecule has 3 rings (SSSR count). The van der Waals surface area contributed by atoms with Crippen LogP contribution in [0.15, 0.2) is 57.7 Å². The minimum atomic E-state index is -4.52. The van der Waals surface area contributed by atoms with Crippen LogP contribution in [-0.4, -0.2) is 5.51 Å². The largest absolute Gasteiger partial charge is 0.479 e. The van der Waals surface area contributed by atoms with E-state index in [1.54, 1.807) is 6.07 Å². The summed E-state index contributed by atoms with van der Waals surface area (Å²) in [7, 11) is 0. The standard InChI is InChI=1S/C17H11F3O3S/c1-10-4-2-3-5-12(10)14-9-16(21)22-15-8-11(6-7-13(14)15)23-24-17(18,19)20/h2-9H,1H3. The zero-order chi connectivity index (χ0) is 17.3. The fraction of sp³-hybridized carbons (Fsp3) is 0.118. The van der Waals surface area contributed by atoms with Gasteiger partial charge in [-0.2, -0.15) is 13.2 Å². The average molecular weight is 352 g/mol. The van der Waals surface area contributed by atoms with Crippen LogP contribution in [0, 0.1) is 6.92 Å². The molecular formula is C17H11F3O3S. The minimum absolute atomic E-state index is 0.0464. The molecule has 0 aliphatic carbocycles. The van der Waals surface area contributed by atoms with Crippen molar-refractivity contribution in [1.29, 1.82) is 0 Å². The second-order valence-electron chi connectivity index (χ2n) is 5.06. The molecule has 7 heteroatoms. The van der Waals surface area contributed by atoms with Crippen LogP contribution in [0.3, 0.4) is 0 Å².